The largest absolute Gasteiger partial charge is 0.439 e. The number of hydrogen-bond donors (Lipinski definition) is 1. The minimum Gasteiger partial charge on any atom is -0.439 e. The molecule has 0 saturated heterocycles. The van der Waals surface area contributed by atoms with Crippen LogP contribution in [-0.2, 0) is 6.54 Å². The minimum atomic E-state index is 0.337. The van der Waals surface area contributed by atoms with Crippen molar-refractivity contribution >= 4 is 27.0 Å². The fraction of sp³-hybridized carbons (Fsp3) is 0.364. The minimum absolute atomic E-state index is 0.337. The molecule has 2 N–H and O–H groups in total. The number of fused-ring (bicyclic) bond motifs is 1. The van der Waals surface area contributed by atoms with Gasteiger partial charge >= 0.3 is 0 Å². The molecule has 0 amide bonds. The van der Waals surface area contributed by atoms with Crippen molar-refractivity contribution in [2.45, 2.75) is 26.3 Å². The lowest BCUT2D eigenvalue weighted by atomic mass is 10.0. The second-order valence-electron chi connectivity index (χ2n) is 3.81. The van der Waals surface area contributed by atoms with Crippen LogP contribution >= 0.6 is 15.9 Å². The van der Waals surface area contributed by atoms with Crippen LogP contribution in [0.3, 0.4) is 0 Å². The van der Waals surface area contributed by atoms with Crippen LogP contribution in [0, 0.1) is 0 Å². The van der Waals surface area contributed by atoms with Gasteiger partial charge in [0.05, 0.1) is 6.54 Å². The van der Waals surface area contributed by atoms with Crippen molar-refractivity contribution in [1.29, 1.82) is 0 Å². The van der Waals surface area contributed by atoms with Crippen molar-refractivity contribution in [2.75, 3.05) is 0 Å². The van der Waals surface area contributed by atoms with E-state index in [0.717, 1.165) is 21.1 Å². The zero-order valence-electron chi connectivity index (χ0n) is 8.75. The fourth-order valence-corrected chi connectivity index (χ4v) is 2.05. The summed E-state index contributed by atoms with van der Waals surface area (Å²) in [6, 6.07) is 4.02. The van der Waals surface area contributed by atoms with E-state index in [0.29, 0.717) is 18.4 Å². The van der Waals surface area contributed by atoms with Crippen LogP contribution in [0.1, 0.15) is 31.2 Å². The Balaban J connectivity index is 2.72. The maximum atomic E-state index is 5.61. The maximum absolute atomic E-state index is 5.61. The van der Waals surface area contributed by atoms with E-state index in [1.165, 1.54) is 0 Å². The van der Waals surface area contributed by atoms with Crippen molar-refractivity contribution < 1.29 is 4.42 Å². The van der Waals surface area contributed by atoms with E-state index >= 15 is 0 Å². The Kier molecular flexibility index (Phi) is 2.80. The molecule has 0 atom stereocenters. The lowest BCUT2D eigenvalue weighted by molar-refractivity contribution is 0.528. The molecule has 0 saturated carbocycles. The second kappa shape index (κ2) is 3.94. The Morgan fingerprint density at radius 3 is 2.80 bits per heavy atom. The SMILES string of the molecule is CC(C)c1cc(Br)cc2nc(CN)oc12. The summed E-state index contributed by atoms with van der Waals surface area (Å²) in [6.45, 7) is 4.60. The highest BCUT2D eigenvalue weighted by atomic mass is 79.9. The lowest BCUT2D eigenvalue weighted by Crippen LogP contribution is -1.94. The van der Waals surface area contributed by atoms with Gasteiger partial charge in [0.15, 0.2) is 5.58 Å². The molecule has 0 bridgehead atoms. The lowest BCUT2D eigenvalue weighted by Gasteiger charge is -2.05. The number of nitrogens with zero attached hydrogens (tertiary/aromatic N) is 1. The molecule has 80 valence electrons. The number of oxazole rings is 1. The average Bonchev–Trinajstić information content (AvgIpc) is 2.58. The molecule has 0 fully saturated rings. The van der Waals surface area contributed by atoms with Gasteiger partial charge in [-0.05, 0) is 18.1 Å². The van der Waals surface area contributed by atoms with E-state index in [9.17, 15) is 0 Å². The molecule has 2 aromatic rings. The van der Waals surface area contributed by atoms with Gasteiger partial charge in [0, 0.05) is 10.0 Å². The van der Waals surface area contributed by atoms with Gasteiger partial charge in [-0.3, -0.25) is 0 Å². The van der Waals surface area contributed by atoms with Crippen LogP contribution in [-0.4, -0.2) is 4.98 Å². The van der Waals surface area contributed by atoms with E-state index in [1.807, 2.05) is 6.07 Å². The monoisotopic (exact) mass is 268 g/mol. The molecule has 0 radical (unpaired) electrons. The Morgan fingerprint density at radius 2 is 2.20 bits per heavy atom. The van der Waals surface area contributed by atoms with Crippen LogP contribution in [0.25, 0.3) is 11.1 Å². The van der Waals surface area contributed by atoms with Gasteiger partial charge in [0.25, 0.3) is 0 Å². The Labute approximate surface area is 96.8 Å². The van der Waals surface area contributed by atoms with Crippen LogP contribution in [0.5, 0.6) is 0 Å². The first-order valence-corrected chi connectivity index (χ1v) is 5.70. The standard InChI is InChI=1S/C11H13BrN2O/c1-6(2)8-3-7(12)4-9-11(8)15-10(5-13)14-9/h3-4,6H,5,13H2,1-2H3. The zero-order chi connectivity index (χ0) is 11.0. The van der Waals surface area contributed by atoms with Gasteiger partial charge in [0.2, 0.25) is 5.89 Å². The van der Waals surface area contributed by atoms with Gasteiger partial charge in [-0.2, -0.15) is 0 Å². The molecule has 0 aliphatic carbocycles. The van der Waals surface area contributed by atoms with Crippen molar-refractivity contribution in [3.8, 4) is 0 Å². The molecular formula is C11H13BrN2O. The molecule has 0 unspecified atom stereocenters. The number of halogens is 1. The van der Waals surface area contributed by atoms with Crippen molar-refractivity contribution in [1.82, 2.24) is 4.98 Å². The molecule has 4 heteroatoms. The molecule has 0 aliphatic rings. The summed E-state index contributed by atoms with van der Waals surface area (Å²) >= 11 is 3.47. The Bertz CT molecular complexity index is 491. The molecular weight excluding hydrogens is 256 g/mol. The number of hydrogen-bond acceptors (Lipinski definition) is 3. The highest BCUT2D eigenvalue weighted by molar-refractivity contribution is 9.10. The smallest absolute Gasteiger partial charge is 0.209 e. The van der Waals surface area contributed by atoms with E-state index in [4.69, 9.17) is 10.2 Å². The van der Waals surface area contributed by atoms with Crippen molar-refractivity contribution in [2.24, 2.45) is 5.73 Å². The number of benzene rings is 1. The number of rotatable bonds is 2. The third kappa shape index (κ3) is 1.92. The van der Waals surface area contributed by atoms with E-state index in [-0.39, 0.29) is 0 Å². The molecule has 1 aromatic heterocycles. The first-order valence-electron chi connectivity index (χ1n) is 4.90. The topological polar surface area (TPSA) is 52.0 Å². The zero-order valence-corrected chi connectivity index (χ0v) is 10.3. The van der Waals surface area contributed by atoms with Crippen LogP contribution < -0.4 is 5.73 Å². The van der Waals surface area contributed by atoms with Gasteiger partial charge in [-0.1, -0.05) is 29.8 Å². The van der Waals surface area contributed by atoms with Gasteiger partial charge in [-0.25, -0.2) is 4.98 Å². The molecule has 0 aliphatic heterocycles. The predicted octanol–water partition coefficient (Wildman–Crippen LogP) is 3.17. The van der Waals surface area contributed by atoms with Gasteiger partial charge in [0.1, 0.15) is 5.52 Å². The summed E-state index contributed by atoms with van der Waals surface area (Å²) in [6.07, 6.45) is 0. The van der Waals surface area contributed by atoms with Crippen LogP contribution in [0.4, 0.5) is 0 Å². The normalized spacial score (nSPS) is 11.5. The highest BCUT2D eigenvalue weighted by Gasteiger charge is 2.12. The molecule has 0 spiro atoms. The quantitative estimate of drug-likeness (QED) is 0.910. The summed E-state index contributed by atoms with van der Waals surface area (Å²) in [5, 5.41) is 0. The summed E-state index contributed by atoms with van der Waals surface area (Å²) in [4.78, 5) is 4.31. The third-order valence-corrected chi connectivity index (χ3v) is 2.78. The van der Waals surface area contributed by atoms with E-state index in [2.05, 4.69) is 40.8 Å². The molecule has 1 aromatic carbocycles. The second-order valence-corrected chi connectivity index (χ2v) is 4.73. The number of nitrogens with two attached hydrogens (primary N) is 1. The summed E-state index contributed by atoms with van der Waals surface area (Å²) in [5.74, 6) is 0.994. The summed E-state index contributed by atoms with van der Waals surface area (Å²) in [7, 11) is 0. The molecule has 15 heavy (non-hydrogen) atoms. The first kappa shape index (κ1) is 10.6. The predicted molar refractivity (Wildman–Crippen MR) is 63.7 cm³/mol. The third-order valence-electron chi connectivity index (χ3n) is 2.32. The van der Waals surface area contributed by atoms with Gasteiger partial charge < -0.3 is 10.2 Å². The molecule has 1 heterocycles. The van der Waals surface area contributed by atoms with Crippen molar-refractivity contribution in [3.63, 3.8) is 0 Å². The van der Waals surface area contributed by atoms with Gasteiger partial charge in [-0.15, -0.1) is 0 Å². The average molecular weight is 269 g/mol. The number of aromatic nitrogens is 1. The molecule has 2 rings (SSSR count). The highest BCUT2D eigenvalue weighted by Crippen LogP contribution is 2.29. The Hall–Kier alpha value is -0.870. The van der Waals surface area contributed by atoms with Crippen LogP contribution in [0.2, 0.25) is 0 Å². The summed E-state index contributed by atoms with van der Waals surface area (Å²) in [5.41, 5.74) is 8.39. The van der Waals surface area contributed by atoms with E-state index in [1.54, 1.807) is 0 Å². The maximum Gasteiger partial charge on any atom is 0.209 e. The van der Waals surface area contributed by atoms with Crippen LogP contribution in [0.15, 0.2) is 21.0 Å². The first-order chi connectivity index (χ1) is 7.11. The summed E-state index contributed by atoms with van der Waals surface area (Å²) < 4.78 is 6.63. The van der Waals surface area contributed by atoms with Crippen molar-refractivity contribution in [3.05, 3.63) is 28.1 Å². The Morgan fingerprint density at radius 1 is 1.47 bits per heavy atom. The molecule has 3 nitrogen and oxygen atoms in total. The van der Waals surface area contributed by atoms with E-state index < -0.39 is 0 Å². The fourth-order valence-electron chi connectivity index (χ4n) is 1.59.